The summed E-state index contributed by atoms with van der Waals surface area (Å²) in [6, 6.07) is 0. The van der Waals surface area contributed by atoms with Gasteiger partial charge in [-0.1, -0.05) is 0 Å². The van der Waals surface area contributed by atoms with E-state index in [4.69, 9.17) is 18.2 Å². The molecule has 2 rings (SSSR count). The van der Waals surface area contributed by atoms with Gasteiger partial charge in [0.2, 0.25) is 0 Å². The Hall–Kier alpha value is -0.680. The zero-order valence-corrected chi connectivity index (χ0v) is 16.3. The molecule has 0 atom stereocenters. The molecule has 0 aliphatic carbocycles. The first kappa shape index (κ1) is 32.0. The van der Waals surface area contributed by atoms with Crippen LogP contribution < -0.4 is 0 Å². The van der Waals surface area contributed by atoms with Crippen molar-refractivity contribution in [1.82, 2.24) is 17.2 Å². The van der Waals surface area contributed by atoms with Crippen LogP contribution >= 0.6 is 0 Å². The molecule has 20 nitrogen and oxygen atoms in total. The Morgan fingerprint density at radius 2 is 0.607 bits per heavy atom. The fourth-order valence-electron chi connectivity index (χ4n) is 2.33. The van der Waals surface area contributed by atoms with Crippen molar-refractivity contribution in [1.29, 1.82) is 0 Å². The van der Waals surface area contributed by atoms with Gasteiger partial charge in [-0.3, -0.25) is 18.2 Å². The topological polar surface area (TPSA) is 356 Å². The van der Waals surface area contributed by atoms with E-state index < -0.39 is 66.9 Å². The van der Waals surface area contributed by atoms with Crippen LogP contribution in [0.3, 0.4) is 0 Å². The third-order valence-corrected chi connectivity index (χ3v) is 6.89. The van der Waals surface area contributed by atoms with Crippen LogP contribution in [0.5, 0.6) is 0 Å². The predicted octanol–water partition coefficient (Wildman–Crippen LogP) is -7.30. The molecule has 0 unspecified atom stereocenters. The van der Waals surface area contributed by atoms with Crippen LogP contribution in [0.4, 0.5) is 0 Å². The molecule has 0 saturated carbocycles. The van der Waals surface area contributed by atoms with E-state index in [1.807, 2.05) is 0 Å². The molecule has 0 aromatic rings. The fraction of sp³-hybridized carbons (Fsp3) is 1.00. The van der Waals surface area contributed by atoms with E-state index in [-0.39, 0.29) is 39.1 Å². The predicted molar refractivity (Wildman–Crippen MR) is 85.3 cm³/mol. The summed E-state index contributed by atoms with van der Waals surface area (Å²) in [5.74, 6) is 0. The first-order chi connectivity index (χ1) is 10.5. The monoisotopic (exact) mass is 506 g/mol. The van der Waals surface area contributed by atoms with E-state index in [0.717, 1.165) is 0 Å². The molecule has 0 aromatic heterocycles. The molecule has 2 heterocycles. The van der Waals surface area contributed by atoms with Gasteiger partial charge in [-0.2, -0.15) is 33.7 Å². The largest absolute Gasteiger partial charge is 0.412 e. The average molecular weight is 506 g/mol. The lowest BCUT2D eigenvalue weighted by Gasteiger charge is -2.24. The van der Waals surface area contributed by atoms with Gasteiger partial charge in [-0.15, -0.1) is 17.2 Å². The van der Waals surface area contributed by atoms with Gasteiger partial charge in [0.05, 0.1) is 13.3 Å². The van der Waals surface area contributed by atoms with Crippen molar-refractivity contribution in [2.24, 2.45) is 0 Å². The Kier molecular flexibility index (Phi) is 10.3. The molecular weight excluding hydrogens is 488 g/mol. The van der Waals surface area contributed by atoms with Crippen molar-refractivity contribution in [3.63, 3.8) is 0 Å². The Labute approximate surface area is 158 Å². The van der Waals surface area contributed by atoms with Gasteiger partial charge in [0, 0.05) is 0 Å². The molecule has 2 aliphatic heterocycles. The summed E-state index contributed by atoms with van der Waals surface area (Å²) in [4.78, 5) is 0. The summed E-state index contributed by atoms with van der Waals surface area (Å²) in [5.41, 5.74) is 0. The Morgan fingerprint density at radius 3 is 0.714 bits per heavy atom. The van der Waals surface area contributed by atoms with Crippen molar-refractivity contribution in [3.8, 4) is 0 Å². The molecule has 0 spiro atoms. The van der Waals surface area contributed by atoms with Crippen LogP contribution in [0.1, 0.15) is 0 Å². The van der Waals surface area contributed by atoms with Gasteiger partial charge in [0.1, 0.15) is 12.3 Å². The summed E-state index contributed by atoms with van der Waals surface area (Å²) >= 11 is 0. The molecule has 2 saturated heterocycles. The highest BCUT2D eigenvalue weighted by Crippen LogP contribution is 2.37. The maximum absolute atomic E-state index is 11.3. The van der Waals surface area contributed by atoms with Crippen LogP contribution in [-0.2, 0) is 41.2 Å². The summed E-state index contributed by atoms with van der Waals surface area (Å²) < 4.78 is 126. The van der Waals surface area contributed by atoms with Crippen molar-refractivity contribution < 1.29 is 73.8 Å². The van der Waals surface area contributed by atoms with Crippen LogP contribution in [0.25, 0.3) is 0 Å². The van der Waals surface area contributed by atoms with E-state index in [1.54, 1.807) is 0 Å². The van der Waals surface area contributed by atoms with Gasteiger partial charge in [-0.05, 0) is 0 Å². The highest BCUT2D eigenvalue weighted by Gasteiger charge is 2.63. The molecule has 2 aliphatic rings. The van der Waals surface area contributed by atoms with Crippen molar-refractivity contribution >= 4 is 41.2 Å². The molecule has 12 N–H and O–H groups in total. The average Bonchev–Trinajstić information content (AvgIpc) is 2.78. The SMILES string of the molecule is O.O.O.O.O=S(=O)(O)N1CN(S(=O)(=O)O)C2C1N(S(=O)(=O)O)CN2S(=O)(=O)O. The normalized spacial score (nSPS) is 25.0. The van der Waals surface area contributed by atoms with Gasteiger partial charge in [0.25, 0.3) is 0 Å². The van der Waals surface area contributed by atoms with Crippen molar-refractivity contribution in [3.05, 3.63) is 0 Å². The Balaban J connectivity index is -0.00000156. The molecule has 24 heteroatoms. The fourth-order valence-corrected chi connectivity index (χ4v) is 5.66. The summed E-state index contributed by atoms with van der Waals surface area (Å²) in [6.45, 7) is -2.80. The molecule has 0 radical (unpaired) electrons. The maximum atomic E-state index is 11.3. The van der Waals surface area contributed by atoms with E-state index in [0.29, 0.717) is 0 Å². The number of rotatable bonds is 4. The molecule has 174 valence electrons. The van der Waals surface area contributed by atoms with E-state index in [2.05, 4.69) is 0 Å². The van der Waals surface area contributed by atoms with E-state index in [9.17, 15) is 33.7 Å². The van der Waals surface area contributed by atoms with Gasteiger partial charge in [0.15, 0.2) is 0 Å². The van der Waals surface area contributed by atoms with Gasteiger partial charge >= 0.3 is 41.2 Å². The highest BCUT2D eigenvalue weighted by atomic mass is 32.2. The Bertz CT molecular complexity index is 798. The van der Waals surface area contributed by atoms with Gasteiger partial charge in [-0.25, -0.2) is 0 Å². The lowest BCUT2D eigenvalue weighted by atomic mass is 10.4. The lowest BCUT2D eigenvalue weighted by molar-refractivity contribution is 0.218. The molecule has 0 bridgehead atoms. The third kappa shape index (κ3) is 5.69. The lowest BCUT2D eigenvalue weighted by Crippen LogP contribution is -2.50. The van der Waals surface area contributed by atoms with E-state index in [1.165, 1.54) is 0 Å². The van der Waals surface area contributed by atoms with E-state index >= 15 is 0 Å². The highest BCUT2D eigenvalue weighted by molar-refractivity contribution is 7.85. The summed E-state index contributed by atoms with van der Waals surface area (Å²) in [5, 5.41) is 0. The number of hydrogen-bond donors (Lipinski definition) is 4. The maximum Gasteiger partial charge on any atom is 0.338 e. The number of hydrogen-bond acceptors (Lipinski definition) is 8. The number of nitrogens with zero attached hydrogens (tertiary/aromatic N) is 4. The van der Waals surface area contributed by atoms with Crippen LogP contribution in [0, 0.1) is 0 Å². The summed E-state index contributed by atoms with van der Waals surface area (Å²) in [7, 11) is -21.3. The van der Waals surface area contributed by atoms with Crippen molar-refractivity contribution in [2.75, 3.05) is 13.3 Å². The molecule has 2 fully saturated rings. The summed E-state index contributed by atoms with van der Waals surface area (Å²) in [6.07, 6.45) is -4.64. The second kappa shape index (κ2) is 8.99. The minimum Gasteiger partial charge on any atom is -0.412 e. The molecule has 0 amide bonds. The zero-order chi connectivity index (χ0) is 18.9. The van der Waals surface area contributed by atoms with Crippen molar-refractivity contribution in [2.45, 2.75) is 12.3 Å². The molecular formula is C4H18N4O16S4. The minimum atomic E-state index is -5.32. The van der Waals surface area contributed by atoms with Crippen LogP contribution in [0.15, 0.2) is 0 Å². The van der Waals surface area contributed by atoms with Crippen LogP contribution in [-0.4, -0.2) is 117 Å². The standard InChI is InChI=1S/C4H10N4O12S4.4H2O/c9-21(10,11)5-1-6(22(12,13)14)4-3(5)7(23(15,16)17)2-8(4)24(18,19)20;;;;/h3-4H,1-2H2,(H,9,10,11)(H,12,13,14)(H,15,16,17)(H,18,19,20);4*1H2. The second-order valence-corrected chi connectivity index (χ2v) is 10.0. The number of fused-ring (bicyclic) bond motifs is 1. The Morgan fingerprint density at radius 1 is 0.464 bits per heavy atom. The third-order valence-electron chi connectivity index (χ3n) is 3.19. The molecule has 28 heavy (non-hydrogen) atoms. The smallest absolute Gasteiger partial charge is 0.338 e. The quantitative estimate of drug-likeness (QED) is 0.258. The minimum absolute atomic E-state index is 0. The zero-order valence-electron chi connectivity index (χ0n) is 13.0. The molecule has 0 aromatic carbocycles. The van der Waals surface area contributed by atoms with Crippen LogP contribution in [0.2, 0.25) is 0 Å². The first-order valence-corrected chi connectivity index (χ1v) is 11.0. The second-order valence-electron chi connectivity index (χ2n) is 4.57. The van der Waals surface area contributed by atoms with Gasteiger partial charge < -0.3 is 21.9 Å². The first-order valence-electron chi connectivity index (χ1n) is 5.42.